The topological polar surface area (TPSA) is 127 Å². The van der Waals surface area contributed by atoms with Gasteiger partial charge in [0.15, 0.2) is 5.78 Å². The molecule has 0 aliphatic heterocycles. The number of aromatic hydroxyl groups is 1. The van der Waals surface area contributed by atoms with Gasteiger partial charge in [-0.3, -0.25) is 4.79 Å². The summed E-state index contributed by atoms with van der Waals surface area (Å²) in [5.74, 6) is -2.21. The molecule has 2 unspecified atom stereocenters. The van der Waals surface area contributed by atoms with Crippen molar-refractivity contribution in [2.75, 3.05) is 0 Å². The van der Waals surface area contributed by atoms with E-state index < -0.39 is 19.6 Å². The highest BCUT2D eigenvalue weighted by molar-refractivity contribution is 7.50. The summed E-state index contributed by atoms with van der Waals surface area (Å²) >= 11 is 0. The number of allylic oxidation sites excluding steroid dienone is 3. The van der Waals surface area contributed by atoms with E-state index in [2.05, 4.69) is 4.76 Å². The highest BCUT2D eigenvalue weighted by Crippen LogP contribution is 2.38. The maximum Gasteiger partial charge on any atom is 0.448 e. The smallest absolute Gasteiger partial charge is 0.448 e. The van der Waals surface area contributed by atoms with E-state index in [1.807, 2.05) is 0 Å². The summed E-state index contributed by atoms with van der Waals surface area (Å²) in [4.78, 5) is 30.6. The van der Waals surface area contributed by atoms with Crippen LogP contribution in [-0.4, -0.2) is 31.5 Å². The van der Waals surface area contributed by atoms with Crippen molar-refractivity contribution in [3.8, 4) is 5.75 Å². The molecule has 1 aliphatic carbocycles. The van der Waals surface area contributed by atoms with Crippen molar-refractivity contribution in [2.45, 2.75) is 12.8 Å². The number of hydrogen-bond donors (Lipinski definition) is 4. The molecule has 1 aliphatic rings. The van der Waals surface area contributed by atoms with E-state index in [9.17, 15) is 19.6 Å². The largest absolute Gasteiger partial charge is 0.508 e. The Morgan fingerprint density at radius 3 is 2.61 bits per heavy atom. The second kappa shape index (κ2) is 6.50. The number of carbonyl (C=O) groups excluding carboxylic acids is 1. The number of hydrogen-bond acceptors (Lipinski definition) is 4. The number of nitrogens with zero attached hydrogens (tertiary/aromatic N) is 1. The number of Topliss-reactive ketones (excluding diaryl/α,β-unsaturated/α-hetero) is 1. The van der Waals surface area contributed by atoms with Gasteiger partial charge in [-0.2, -0.15) is 4.76 Å². The molecule has 23 heavy (non-hydrogen) atoms. The van der Waals surface area contributed by atoms with Crippen molar-refractivity contribution in [3.05, 3.63) is 53.8 Å². The standard InChI is InChI=1S/C15H16NO6P/c1-9(10-3-2-4-11(17)7-10)15(19)13-6-5-12(18)8-14(13)16-23(20,21)22/h2-9,13,17-18H,1H3,(H2,20,21,22)/b16-14+. The number of rotatable bonds is 4. The minimum absolute atomic E-state index is 0.0167. The maximum atomic E-state index is 12.6. The van der Waals surface area contributed by atoms with Gasteiger partial charge in [-0.1, -0.05) is 25.1 Å². The first kappa shape index (κ1) is 17.1. The number of aliphatic hydroxyl groups is 1. The Morgan fingerprint density at radius 1 is 1.30 bits per heavy atom. The number of ketones is 1. The predicted molar refractivity (Wildman–Crippen MR) is 84.3 cm³/mol. The van der Waals surface area contributed by atoms with Crippen LogP contribution in [0.5, 0.6) is 5.75 Å². The average molecular weight is 337 g/mol. The minimum atomic E-state index is -4.74. The number of carbonyl (C=O) groups is 1. The van der Waals surface area contributed by atoms with E-state index in [1.54, 1.807) is 19.1 Å². The molecular weight excluding hydrogens is 321 g/mol. The van der Waals surface area contributed by atoms with Crippen molar-refractivity contribution in [3.63, 3.8) is 0 Å². The molecule has 2 rings (SSSR count). The molecule has 1 aromatic rings. The second-order valence-corrected chi connectivity index (χ2v) is 6.39. The van der Waals surface area contributed by atoms with Crippen LogP contribution in [0, 0.1) is 5.92 Å². The van der Waals surface area contributed by atoms with Crippen molar-refractivity contribution in [1.82, 2.24) is 0 Å². The summed E-state index contributed by atoms with van der Waals surface area (Å²) in [5, 5.41) is 19.0. The third-order valence-corrected chi connectivity index (χ3v) is 3.91. The molecule has 4 N–H and O–H groups in total. The Morgan fingerprint density at radius 2 is 2.00 bits per heavy atom. The first-order valence-corrected chi connectivity index (χ1v) is 8.31. The zero-order valence-corrected chi connectivity index (χ0v) is 13.1. The van der Waals surface area contributed by atoms with Gasteiger partial charge < -0.3 is 20.0 Å². The third kappa shape index (κ3) is 4.39. The van der Waals surface area contributed by atoms with E-state index >= 15 is 0 Å². The Bertz CT molecular complexity index is 761. The van der Waals surface area contributed by atoms with E-state index in [-0.39, 0.29) is 23.0 Å². The van der Waals surface area contributed by atoms with Gasteiger partial charge in [0.05, 0.1) is 11.6 Å². The van der Waals surface area contributed by atoms with Crippen LogP contribution in [0.3, 0.4) is 0 Å². The van der Waals surface area contributed by atoms with Crippen molar-refractivity contribution < 1.29 is 29.4 Å². The highest BCUT2D eigenvalue weighted by Gasteiger charge is 2.30. The Hall–Kier alpha value is -2.21. The first-order chi connectivity index (χ1) is 10.7. The number of benzene rings is 1. The van der Waals surface area contributed by atoms with Crippen molar-refractivity contribution in [2.24, 2.45) is 10.7 Å². The molecule has 0 bridgehead atoms. The van der Waals surface area contributed by atoms with E-state index in [1.165, 1.54) is 24.3 Å². The fourth-order valence-corrected chi connectivity index (χ4v) is 2.78. The normalized spacial score (nSPS) is 21.1. The molecule has 0 fully saturated rings. The number of phenolic OH excluding ortho intramolecular Hbond substituents is 1. The van der Waals surface area contributed by atoms with Crippen LogP contribution in [0.2, 0.25) is 0 Å². The van der Waals surface area contributed by atoms with E-state index in [0.717, 1.165) is 6.08 Å². The van der Waals surface area contributed by atoms with Gasteiger partial charge in [-0.05, 0) is 23.8 Å². The lowest BCUT2D eigenvalue weighted by molar-refractivity contribution is -0.120. The summed E-state index contributed by atoms with van der Waals surface area (Å²) in [6, 6.07) is 6.19. The predicted octanol–water partition coefficient (Wildman–Crippen LogP) is 2.23. The van der Waals surface area contributed by atoms with Crippen LogP contribution >= 0.6 is 7.75 Å². The van der Waals surface area contributed by atoms with E-state index in [4.69, 9.17) is 9.79 Å². The van der Waals surface area contributed by atoms with Crippen molar-refractivity contribution in [1.29, 1.82) is 0 Å². The molecule has 0 radical (unpaired) electrons. The van der Waals surface area contributed by atoms with Gasteiger partial charge in [0.1, 0.15) is 11.5 Å². The fourth-order valence-electron chi connectivity index (χ4n) is 2.29. The first-order valence-electron chi connectivity index (χ1n) is 6.74. The summed E-state index contributed by atoms with van der Waals surface area (Å²) < 4.78 is 14.3. The van der Waals surface area contributed by atoms with Gasteiger partial charge in [-0.15, -0.1) is 0 Å². The minimum Gasteiger partial charge on any atom is -0.508 e. The second-order valence-electron chi connectivity index (χ2n) is 5.16. The lowest BCUT2D eigenvalue weighted by Crippen LogP contribution is -2.27. The molecule has 122 valence electrons. The Balaban J connectivity index is 2.35. The summed E-state index contributed by atoms with van der Waals surface area (Å²) in [5.41, 5.74) is 0.369. The number of aliphatic hydroxyl groups excluding tert-OH is 1. The zero-order valence-electron chi connectivity index (χ0n) is 12.2. The summed E-state index contributed by atoms with van der Waals surface area (Å²) in [6.07, 6.45) is 3.67. The van der Waals surface area contributed by atoms with Crippen molar-refractivity contribution >= 4 is 19.2 Å². The number of phenols is 1. The molecule has 2 atom stereocenters. The molecule has 0 aromatic heterocycles. The van der Waals surface area contributed by atoms with E-state index in [0.29, 0.717) is 5.56 Å². The summed E-state index contributed by atoms with van der Waals surface area (Å²) in [7, 11) is -4.74. The molecule has 7 nitrogen and oxygen atoms in total. The van der Waals surface area contributed by atoms with Gasteiger partial charge in [-0.25, -0.2) is 4.57 Å². The van der Waals surface area contributed by atoms with Crippen LogP contribution in [0.1, 0.15) is 18.4 Å². The molecule has 1 aromatic carbocycles. The maximum absolute atomic E-state index is 12.6. The lowest BCUT2D eigenvalue weighted by atomic mass is 9.84. The summed E-state index contributed by atoms with van der Waals surface area (Å²) in [6.45, 7) is 1.62. The van der Waals surface area contributed by atoms with Gasteiger partial charge >= 0.3 is 7.75 Å². The van der Waals surface area contributed by atoms with Crippen LogP contribution in [0.25, 0.3) is 0 Å². The molecule has 0 saturated heterocycles. The van der Waals surface area contributed by atoms with Gasteiger partial charge in [0, 0.05) is 12.0 Å². The molecule has 8 heteroatoms. The van der Waals surface area contributed by atoms with Crippen LogP contribution in [-0.2, 0) is 9.36 Å². The zero-order chi connectivity index (χ0) is 17.2. The molecule has 0 spiro atoms. The third-order valence-electron chi connectivity index (χ3n) is 3.42. The van der Waals surface area contributed by atoms with Gasteiger partial charge in [0.2, 0.25) is 0 Å². The van der Waals surface area contributed by atoms with Crippen LogP contribution in [0.4, 0.5) is 0 Å². The Labute approximate surface area is 132 Å². The quantitative estimate of drug-likeness (QED) is 0.624. The Kier molecular flexibility index (Phi) is 4.85. The van der Waals surface area contributed by atoms with Crippen LogP contribution in [0.15, 0.2) is 53.0 Å². The molecule has 0 saturated carbocycles. The van der Waals surface area contributed by atoms with Crippen LogP contribution < -0.4 is 0 Å². The molecule has 0 heterocycles. The highest BCUT2D eigenvalue weighted by atomic mass is 31.2. The SMILES string of the molecule is CC(C(=O)C1C=CC(O)=C/C1=N\P(=O)(O)O)c1cccc(O)c1. The molecule has 0 amide bonds. The average Bonchev–Trinajstić information content (AvgIpc) is 2.44. The fraction of sp³-hybridized carbons (Fsp3) is 0.200. The van der Waals surface area contributed by atoms with Gasteiger partial charge in [0.25, 0.3) is 0 Å². The monoisotopic (exact) mass is 337 g/mol. The lowest BCUT2D eigenvalue weighted by Gasteiger charge is -2.20. The molecular formula is C15H16NO6P.